The molecular formula is C17H25N3O. The molecule has 1 N–H and O–H groups in total. The second kappa shape index (κ2) is 4.55. The number of rotatable bonds is 5. The molecule has 1 heterocycles. The maximum Gasteiger partial charge on any atom is 0.227 e. The normalized spacial score (nSPS) is 40.9. The molecule has 0 unspecified atom stereocenters. The van der Waals surface area contributed by atoms with Gasteiger partial charge < -0.3 is 9.84 Å². The number of hydrogen-bond donors (Lipinski definition) is 1. The summed E-state index contributed by atoms with van der Waals surface area (Å²) in [5, 5.41) is 7.63. The Kier molecular flexibility index (Phi) is 2.73. The highest BCUT2D eigenvalue weighted by atomic mass is 16.5. The molecule has 0 aliphatic heterocycles. The van der Waals surface area contributed by atoms with E-state index in [0.717, 1.165) is 42.4 Å². The molecular weight excluding hydrogens is 262 g/mol. The van der Waals surface area contributed by atoms with Gasteiger partial charge in [0.15, 0.2) is 5.82 Å². The lowest BCUT2D eigenvalue weighted by Crippen LogP contribution is -2.47. The molecule has 0 radical (unpaired) electrons. The van der Waals surface area contributed by atoms with E-state index in [-0.39, 0.29) is 0 Å². The summed E-state index contributed by atoms with van der Waals surface area (Å²) in [4.78, 5) is 4.65. The summed E-state index contributed by atoms with van der Waals surface area (Å²) in [5.41, 5.74) is 0.502. The Morgan fingerprint density at radius 1 is 1.05 bits per heavy atom. The Morgan fingerprint density at radius 2 is 1.71 bits per heavy atom. The minimum Gasteiger partial charge on any atom is -0.339 e. The summed E-state index contributed by atoms with van der Waals surface area (Å²) in [6, 6.07) is 0.704. The molecule has 21 heavy (non-hydrogen) atoms. The Bertz CT molecular complexity index is 499. The van der Waals surface area contributed by atoms with Crippen molar-refractivity contribution in [2.24, 2.45) is 23.2 Å². The predicted octanol–water partition coefficient (Wildman–Crippen LogP) is 3.08. The van der Waals surface area contributed by atoms with Gasteiger partial charge in [-0.3, -0.25) is 0 Å². The lowest BCUT2D eigenvalue weighted by atomic mass is 9.49. The fourth-order valence-corrected chi connectivity index (χ4v) is 5.78. The van der Waals surface area contributed by atoms with E-state index in [2.05, 4.69) is 15.5 Å². The molecule has 1 aromatic rings. The highest BCUT2D eigenvalue weighted by Crippen LogP contribution is 2.60. The summed E-state index contributed by atoms with van der Waals surface area (Å²) in [6.07, 6.45) is 12.4. The Hall–Kier alpha value is -0.900. The second-order valence-corrected chi connectivity index (χ2v) is 8.35. The van der Waals surface area contributed by atoms with Crippen LogP contribution in [0.5, 0.6) is 0 Å². The average Bonchev–Trinajstić information content (AvgIpc) is 3.15. The van der Waals surface area contributed by atoms with Gasteiger partial charge in [-0.1, -0.05) is 5.16 Å². The van der Waals surface area contributed by atoms with E-state index in [1.165, 1.54) is 51.4 Å². The van der Waals surface area contributed by atoms with Gasteiger partial charge in [-0.2, -0.15) is 4.98 Å². The van der Waals surface area contributed by atoms with E-state index >= 15 is 0 Å². The van der Waals surface area contributed by atoms with Gasteiger partial charge in [0.05, 0.1) is 6.54 Å². The van der Waals surface area contributed by atoms with Crippen molar-refractivity contribution in [3.63, 3.8) is 0 Å². The van der Waals surface area contributed by atoms with Gasteiger partial charge in [0.25, 0.3) is 0 Å². The Balaban J connectivity index is 1.28. The van der Waals surface area contributed by atoms with Gasteiger partial charge in [0.2, 0.25) is 5.89 Å². The molecule has 0 atom stereocenters. The molecule has 1 aromatic heterocycles. The summed E-state index contributed by atoms with van der Waals surface area (Å²) in [5.74, 6) is 4.73. The standard InChI is InChI=1S/C17H25N3O/c1-2-14(1)18-10-15-19-16(21-20-15)9-17-6-11-3-12(7-17)5-13(4-11)8-17/h11-14,18H,1-10H2. The van der Waals surface area contributed by atoms with Crippen LogP contribution in [0.4, 0.5) is 0 Å². The molecule has 4 bridgehead atoms. The van der Waals surface area contributed by atoms with E-state index in [1.54, 1.807) is 0 Å². The monoisotopic (exact) mass is 287 g/mol. The van der Waals surface area contributed by atoms with Crippen LogP contribution < -0.4 is 5.32 Å². The highest BCUT2D eigenvalue weighted by Gasteiger charge is 2.51. The first-order valence-corrected chi connectivity index (χ1v) is 8.81. The quantitative estimate of drug-likeness (QED) is 0.904. The van der Waals surface area contributed by atoms with Gasteiger partial charge >= 0.3 is 0 Å². The van der Waals surface area contributed by atoms with Crippen molar-refractivity contribution in [3.05, 3.63) is 11.7 Å². The molecule has 5 aliphatic carbocycles. The SMILES string of the molecule is C(NC1CC1)c1noc(CC23CC4CC(CC(C4)C2)C3)n1. The van der Waals surface area contributed by atoms with Gasteiger partial charge in [-0.15, -0.1) is 0 Å². The maximum atomic E-state index is 5.56. The lowest BCUT2D eigenvalue weighted by molar-refractivity contribution is -0.0556. The van der Waals surface area contributed by atoms with Crippen molar-refractivity contribution in [2.45, 2.75) is 70.4 Å². The zero-order valence-electron chi connectivity index (χ0n) is 12.7. The zero-order chi connectivity index (χ0) is 13.9. The predicted molar refractivity (Wildman–Crippen MR) is 78.5 cm³/mol. The van der Waals surface area contributed by atoms with Crippen LogP contribution in [-0.2, 0) is 13.0 Å². The summed E-state index contributed by atoms with van der Waals surface area (Å²) in [7, 11) is 0. The smallest absolute Gasteiger partial charge is 0.227 e. The van der Waals surface area contributed by atoms with Gasteiger partial charge in [0, 0.05) is 12.5 Å². The van der Waals surface area contributed by atoms with Crippen molar-refractivity contribution in [2.75, 3.05) is 0 Å². The number of nitrogens with zero attached hydrogens (tertiary/aromatic N) is 2. The van der Waals surface area contributed by atoms with Crippen molar-refractivity contribution in [1.29, 1.82) is 0 Å². The molecule has 0 spiro atoms. The highest BCUT2D eigenvalue weighted by molar-refractivity contribution is 5.05. The third-order valence-corrected chi connectivity index (χ3v) is 6.33. The van der Waals surface area contributed by atoms with Gasteiger partial charge in [-0.05, 0) is 74.5 Å². The molecule has 6 rings (SSSR count). The number of aromatic nitrogens is 2. The van der Waals surface area contributed by atoms with Crippen LogP contribution in [0.2, 0.25) is 0 Å². The molecule has 114 valence electrons. The van der Waals surface area contributed by atoms with Crippen molar-refractivity contribution in [1.82, 2.24) is 15.5 Å². The first-order valence-electron chi connectivity index (χ1n) is 8.81. The Morgan fingerprint density at radius 3 is 2.33 bits per heavy atom. The largest absolute Gasteiger partial charge is 0.339 e. The molecule has 5 aliphatic rings. The Labute approximate surface area is 126 Å². The lowest BCUT2D eigenvalue weighted by Gasteiger charge is -2.56. The molecule has 0 amide bonds. The molecule has 0 saturated heterocycles. The van der Waals surface area contributed by atoms with Crippen LogP contribution in [0.3, 0.4) is 0 Å². The van der Waals surface area contributed by atoms with Crippen LogP contribution in [0, 0.1) is 23.2 Å². The minimum absolute atomic E-state index is 0.502. The number of nitrogens with one attached hydrogen (secondary N) is 1. The second-order valence-electron chi connectivity index (χ2n) is 8.35. The molecule has 4 heteroatoms. The molecule has 0 aromatic carbocycles. The topological polar surface area (TPSA) is 51.0 Å². The summed E-state index contributed by atoms with van der Waals surface area (Å²) in [6.45, 7) is 0.773. The van der Waals surface area contributed by atoms with Crippen molar-refractivity contribution >= 4 is 0 Å². The molecule has 4 nitrogen and oxygen atoms in total. The fourth-order valence-electron chi connectivity index (χ4n) is 5.78. The fraction of sp³-hybridized carbons (Fsp3) is 0.882. The number of hydrogen-bond acceptors (Lipinski definition) is 4. The van der Waals surface area contributed by atoms with Gasteiger partial charge in [0.1, 0.15) is 0 Å². The third-order valence-electron chi connectivity index (χ3n) is 6.33. The van der Waals surface area contributed by atoms with Crippen LogP contribution in [-0.4, -0.2) is 16.2 Å². The van der Waals surface area contributed by atoms with E-state index in [4.69, 9.17) is 4.52 Å². The van der Waals surface area contributed by atoms with E-state index in [9.17, 15) is 0 Å². The minimum atomic E-state index is 0.502. The van der Waals surface area contributed by atoms with Crippen LogP contribution in [0.15, 0.2) is 4.52 Å². The van der Waals surface area contributed by atoms with Crippen LogP contribution in [0.1, 0.15) is 63.1 Å². The van der Waals surface area contributed by atoms with Crippen molar-refractivity contribution in [3.8, 4) is 0 Å². The van der Waals surface area contributed by atoms with E-state index < -0.39 is 0 Å². The molecule has 5 saturated carbocycles. The van der Waals surface area contributed by atoms with E-state index in [0.29, 0.717) is 11.5 Å². The summed E-state index contributed by atoms with van der Waals surface area (Å²) >= 11 is 0. The first kappa shape index (κ1) is 12.6. The van der Waals surface area contributed by atoms with E-state index in [1.807, 2.05) is 0 Å². The molecule has 5 fully saturated rings. The average molecular weight is 287 g/mol. The van der Waals surface area contributed by atoms with Crippen LogP contribution >= 0.6 is 0 Å². The maximum absolute atomic E-state index is 5.56. The van der Waals surface area contributed by atoms with Gasteiger partial charge in [-0.25, -0.2) is 0 Å². The third kappa shape index (κ3) is 2.41. The first-order chi connectivity index (χ1) is 10.3. The van der Waals surface area contributed by atoms with Crippen molar-refractivity contribution < 1.29 is 4.52 Å². The van der Waals surface area contributed by atoms with Crippen LogP contribution in [0.25, 0.3) is 0 Å². The summed E-state index contributed by atoms with van der Waals surface area (Å²) < 4.78 is 5.56. The zero-order valence-corrected chi connectivity index (χ0v) is 12.7.